The minimum atomic E-state index is -3.63. The SMILES string of the molecule is N#Cc1ccc(-c2ccc(OCCCN3CC[C@@H](NS(=O)(=O)c4ccc(CC(N)=O)cc4)C3)cc2)cc1. The molecule has 1 aliphatic rings. The van der Waals surface area contributed by atoms with E-state index in [9.17, 15) is 13.2 Å². The number of primary amides is 1. The van der Waals surface area contributed by atoms with Crippen LogP contribution >= 0.6 is 0 Å². The van der Waals surface area contributed by atoms with Crippen molar-refractivity contribution in [1.29, 1.82) is 5.26 Å². The molecule has 1 amide bonds. The molecule has 1 fully saturated rings. The van der Waals surface area contributed by atoms with Gasteiger partial charge in [0.25, 0.3) is 0 Å². The van der Waals surface area contributed by atoms with Crippen molar-refractivity contribution >= 4 is 15.9 Å². The second kappa shape index (κ2) is 12.0. The van der Waals surface area contributed by atoms with Crippen LogP contribution < -0.4 is 15.2 Å². The molecule has 4 rings (SSSR count). The molecule has 3 aromatic carbocycles. The van der Waals surface area contributed by atoms with Gasteiger partial charge >= 0.3 is 0 Å². The lowest BCUT2D eigenvalue weighted by Gasteiger charge is -2.17. The summed E-state index contributed by atoms with van der Waals surface area (Å²) in [7, 11) is -3.63. The summed E-state index contributed by atoms with van der Waals surface area (Å²) in [4.78, 5) is 13.4. The molecule has 192 valence electrons. The van der Waals surface area contributed by atoms with Gasteiger partial charge in [0.1, 0.15) is 5.75 Å². The number of ether oxygens (including phenoxy) is 1. The first-order valence-electron chi connectivity index (χ1n) is 12.2. The number of nitrogens with two attached hydrogens (primary N) is 1. The molecule has 0 bridgehead atoms. The van der Waals surface area contributed by atoms with Gasteiger partial charge in [0.2, 0.25) is 15.9 Å². The summed E-state index contributed by atoms with van der Waals surface area (Å²) in [5.74, 6) is 0.342. The first-order chi connectivity index (χ1) is 17.8. The van der Waals surface area contributed by atoms with E-state index in [0.717, 1.165) is 42.8 Å². The molecule has 0 aliphatic carbocycles. The van der Waals surface area contributed by atoms with Crippen molar-refractivity contribution in [3.63, 3.8) is 0 Å². The fraction of sp³-hybridized carbons (Fsp3) is 0.286. The lowest BCUT2D eigenvalue weighted by atomic mass is 10.0. The van der Waals surface area contributed by atoms with Gasteiger partial charge in [0.05, 0.1) is 29.6 Å². The van der Waals surface area contributed by atoms with E-state index in [1.54, 1.807) is 24.3 Å². The molecular formula is C28H30N4O4S. The average molecular weight is 519 g/mol. The predicted octanol–water partition coefficient (Wildman–Crippen LogP) is 3.07. The molecule has 9 heteroatoms. The third kappa shape index (κ3) is 7.40. The first kappa shape index (κ1) is 26.4. The zero-order chi connectivity index (χ0) is 26.3. The zero-order valence-corrected chi connectivity index (χ0v) is 21.3. The van der Waals surface area contributed by atoms with Crippen LogP contribution in [0.5, 0.6) is 5.75 Å². The Morgan fingerprint density at radius 1 is 1.03 bits per heavy atom. The Labute approximate surface area is 217 Å². The summed E-state index contributed by atoms with van der Waals surface area (Å²) in [6.07, 6.45) is 1.66. The van der Waals surface area contributed by atoms with Gasteiger partial charge in [-0.2, -0.15) is 5.26 Å². The highest BCUT2D eigenvalue weighted by atomic mass is 32.2. The monoisotopic (exact) mass is 518 g/mol. The van der Waals surface area contributed by atoms with Crippen molar-refractivity contribution in [3.8, 4) is 22.9 Å². The van der Waals surface area contributed by atoms with E-state index in [1.807, 2.05) is 36.4 Å². The minimum absolute atomic E-state index is 0.0823. The third-order valence-corrected chi connectivity index (χ3v) is 7.83. The van der Waals surface area contributed by atoms with Gasteiger partial charge in [-0.15, -0.1) is 0 Å². The summed E-state index contributed by atoms with van der Waals surface area (Å²) in [5, 5.41) is 8.93. The number of hydrogen-bond donors (Lipinski definition) is 2. The lowest BCUT2D eigenvalue weighted by molar-refractivity contribution is -0.117. The Morgan fingerprint density at radius 2 is 1.68 bits per heavy atom. The lowest BCUT2D eigenvalue weighted by Crippen LogP contribution is -2.37. The maximum atomic E-state index is 12.7. The van der Waals surface area contributed by atoms with Crippen LogP contribution in [0.25, 0.3) is 11.1 Å². The Bertz CT molecular complexity index is 1350. The molecule has 0 saturated carbocycles. The van der Waals surface area contributed by atoms with Crippen LogP contribution in [0.3, 0.4) is 0 Å². The molecular weight excluding hydrogens is 488 g/mol. The number of likely N-dealkylation sites (tertiary alicyclic amines) is 1. The van der Waals surface area contributed by atoms with E-state index in [0.29, 0.717) is 24.3 Å². The third-order valence-electron chi connectivity index (χ3n) is 6.30. The first-order valence-corrected chi connectivity index (χ1v) is 13.7. The Balaban J connectivity index is 1.18. The standard InChI is InChI=1S/C28H30N4O4S/c29-19-22-2-6-23(7-3-22)24-8-10-26(11-9-24)36-17-1-15-32-16-14-25(20-32)31-37(34,35)27-12-4-21(5-13-27)18-28(30)33/h2-13,25,31H,1,14-18,20H2,(H2,30,33)/t25-/m1/s1. The molecule has 0 unspecified atom stereocenters. The van der Waals surface area contributed by atoms with Crippen molar-refractivity contribution in [2.24, 2.45) is 5.73 Å². The average Bonchev–Trinajstić information content (AvgIpc) is 3.33. The number of rotatable bonds is 11. The molecule has 3 aromatic rings. The van der Waals surface area contributed by atoms with Crippen LogP contribution in [-0.4, -0.2) is 51.5 Å². The number of nitrogens with one attached hydrogen (secondary N) is 1. The molecule has 0 aromatic heterocycles. The molecule has 0 spiro atoms. The number of nitriles is 1. The van der Waals surface area contributed by atoms with Crippen LogP contribution in [0.1, 0.15) is 24.0 Å². The summed E-state index contributed by atoms with van der Waals surface area (Å²) >= 11 is 0. The van der Waals surface area contributed by atoms with Crippen LogP contribution in [0.4, 0.5) is 0 Å². The van der Waals surface area contributed by atoms with Gasteiger partial charge < -0.3 is 15.4 Å². The van der Waals surface area contributed by atoms with E-state index >= 15 is 0 Å². The van der Waals surface area contributed by atoms with Crippen molar-refractivity contribution in [1.82, 2.24) is 9.62 Å². The molecule has 3 N–H and O–H groups in total. The Hall–Kier alpha value is -3.71. The number of amides is 1. The molecule has 8 nitrogen and oxygen atoms in total. The molecule has 1 aliphatic heterocycles. The fourth-order valence-corrected chi connectivity index (χ4v) is 5.63. The van der Waals surface area contributed by atoms with Gasteiger partial charge in [-0.1, -0.05) is 36.4 Å². The Kier molecular flexibility index (Phi) is 8.56. The number of hydrogen-bond acceptors (Lipinski definition) is 6. The number of carbonyl (C=O) groups excluding carboxylic acids is 1. The maximum absolute atomic E-state index is 12.7. The number of nitrogens with zero attached hydrogens (tertiary/aromatic N) is 2. The smallest absolute Gasteiger partial charge is 0.240 e. The zero-order valence-electron chi connectivity index (χ0n) is 20.5. The predicted molar refractivity (Wildman–Crippen MR) is 141 cm³/mol. The van der Waals surface area contributed by atoms with Gasteiger partial charge in [-0.05, 0) is 72.5 Å². The van der Waals surface area contributed by atoms with Gasteiger partial charge in [-0.3, -0.25) is 4.79 Å². The summed E-state index contributed by atoms with van der Waals surface area (Å²) in [6.45, 7) is 2.87. The topological polar surface area (TPSA) is 126 Å². The summed E-state index contributed by atoms with van der Waals surface area (Å²) in [5.41, 5.74) is 8.61. The highest BCUT2D eigenvalue weighted by Crippen LogP contribution is 2.23. The fourth-order valence-electron chi connectivity index (χ4n) is 4.37. The molecule has 1 heterocycles. The van der Waals surface area contributed by atoms with Gasteiger partial charge in [-0.25, -0.2) is 13.1 Å². The Morgan fingerprint density at radius 3 is 2.30 bits per heavy atom. The summed E-state index contributed by atoms with van der Waals surface area (Å²) in [6, 6.07) is 23.5. The second-order valence-electron chi connectivity index (χ2n) is 9.11. The molecule has 37 heavy (non-hydrogen) atoms. The number of benzene rings is 3. The van der Waals surface area contributed by atoms with Crippen molar-refractivity contribution < 1.29 is 17.9 Å². The highest BCUT2D eigenvalue weighted by molar-refractivity contribution is 7.89. The normalized spacial score (nSPS) is 15.8. The van der Waals surface area contributed by atoms with Crippen LogP contribution in [0.2, 0.25) is 0 Å². The molecule has 1 atom stereocenters. The second-order valence-corrected chi connectivity index (χ2v) is 10.8. The number of sulfonamides is 1. The minimum Gasteiger partial charge on any atom is -0.494 e. The van der Waals surface area contributed by atoms with E-state index in [-0.39, 0.29) is 17.4 Å². The van der Waals surface area contributed by atoms with E-state index in [2.05, 4.69) is 15.7 Å². The van der Waals surface area contributed by atoms with E-state index < -0.39 is 15.9 Å². The van der Waals surface area contributed by atoms with E-state index in [1.165, 1.54) is 12.1 Å². The van der Waals surface area contributed by atoms with Crippen LogP contribution in [0.15, 0.2) is 77.7 Å². The quantitative estimate of drug-likeness (QED) is 0.376. The number of carbonyl (C=O) groups is 1. The van der Waals surface area contributed by atoms with E-state index in [4.69, 9.17) is 15.7 Å². The maximum Gasteiger partial charge on any atom is 0.240 e. The van der Waals surface area contributed by atoms with Crippen LogP contribution in [-0.2, 0) is 21.2 Å². The van der Waals surface area contributed by atoms with Gasteiger partial charge in [0, 0.05) is 19.1 Å². The highest BCUT2D eigenvalue weighted by Gasteiger charge is 2.27. The van der Waals surface area contributed by atoms with Crippen molar-refractivity contribution in [2.75, 3.05) is 26.2 Å². The van der Waals surface area contributed by atoms with Crippen LogP contribution in [0, 0.1) is 11.3 Å². The largest absolute Gasteiger partial charge is 0.494 e. The van der Waals surface area contributed by atoms with Crippen molar-refractivity contribution in [2.45, 2.75) is 30.2 Å². The molecule has 0 radical (unpaired) electrons. The molecule has 1 saturated heterocycles. The van der Waals surface area contributed by atoms with Crippen molar-refractivity contribution in [3.05, 3.63) is 83.9 Å². The van der Waals surface area contributed by atoms with Gasteiger partial charge in [0.15, 0.2) is 0 Å². The summed E-state index contributed by atoms with van der Waals surface area (Å²) < 4.78 is 34.1.